The van der Waals surface area contributed by atoms with Crippen LogP contribution in [0.15, 0.2) is 18.2 Å². The minimum Gasteiger partial charge on any atom is -0.369 e. The number of hydrogen-bond acceptors (Lipinski definition) is 4. The Kier molecular flexibility index (Phi) is 3.70. The molecule has 0 amide bonds. The highest BCUT2D eigenvalue weighted by molar-refractivity contribution is 7.99. The average molecular weight is 233 g/mol. The number of rotatable bonds is 2. The molecular formula is C12H15N3S. The van der Waals surface area contributed by atoms with Gasteiger partial charge in [-0.1, -0.05) is 6.07 Å². The summed E-state index contributed by atoms with van der Waals surface area (Å²) in [4.78, 5) is 2.29. The number of nitriles is 1. The molecule has 0 radical (unpaired) electrons. The van der Waals surface area contributed by atoms with Crippen molar-refractivity contribution in [1.82, 2.24) is 0 Å². The van der Waals surface area contributed by atoms with Gasteiger partial charge in [-0.3, -0.25) is 0 Å². The lowest BCUT2D eigenvalue weighted by Crippen LogP contribution is -2.33. The highest BCUT2D eigenvalue weighted by Gasteiger charge is 2.14. The van der Waals surface area contributed by atoms with Gasteiger partial charge in [-0.25, -0.2) is 0 Å². The summed E-state index contributed by atoms with van der Waals surface area (Å²) in [5.74, 6) is 2.28. The molecule has 0 saturated carbocycles. The quantitative estimate of drug-likeness (QED) is 0.842. The van der Waals surface area contributed by atoms with Gasteiger partial charge in [0.25, 0.3) is 0 Å². The van der Waals surface area contributed by atoms with Gasteiger partial charge >= 0.3 is 0 Å². The molecule has 1 fully saturated rings. The maximum Gasteiger partial charge on any atom is 0.101 e. The number of nitrogens with zero attached hydrogens (tertiary/aromatic N) is 2. The molecule has 1 aromatic carbocycles. The van der Waals surface area contributed by atoms with E-state index in [0.29, 0.717) is 6.54 Å². The normalized spacial score (nSPS) is 15.9. The first kappa shape index (κ1) is 11.3. The van der Waals surface area contributed by atoms with E-state index in [1.54, 1.807) is 0 Å². The van der Waals surface area contributed by atoms with Gasteiger partial charge < -0.3 is 10.6 Å². The Bertz CT molecular complexity index is 405. The minimum atomic E-state index is 0.491. The first-order valence-corrected chi connectivity index (χ1v) is 6.56. The zero-order valence-corrected chi connectivity index (χ0v) is 9.96. The van der Waals surface area contributed by atoms with Gasteiger partial charge in [0.05, 0.1) is 11.3 Å². The lowest BCUT2D eigenvalue weighted by Gasteiger charge is -2.29. The van der Waals surface area contributed by atoms with Crippen molar-refractivity contribution in [1.29, 1.82) is 5.26 Å². The molecule has 0 atom stereocenters. The Morgan fingerprint density at radius 2 is 2.12 bits per heavy atom. The van der Waals surface area contributed by atoms with Gasteiger partial charge in [-0.05, 0) is 17.7 Å². The fourth-order valence-corrected chi connectivity index (χ4v) is 2.78. The van der Waals surface area contributed by atoms with Crippen LogP contribution in [0.3, 0.4) is 0 Å². The van der Waals surface area contributed by atoms with Crippen LogP contribution in [0.1, 0.15) is 11.1 Å². The highest BCUT2D eigenvalue weighted by Crippen LogP contribution is 2.24. The topological polar surface area (TPSA) is 53.1 Å². The fourth-order valence-electron chi connectivity index (χ4n) is 1.88. The second kappa shape index (κ2) is 5.24. The Balaban J connectivity index is 2.29. The van der Waals surface area contributed by atoms with E-state index in [2.05, 4.69) is 11.0 Å². The van der Waals surface area contributed by atoms with E-state index in [4.69, 9.17) is 11.0 Å². The van der Waals surface area contributed by atoms with Crippen LogP contribution in [0.2, 0.25) is 0 Å². The molecule has 0 aromatic heterocycles. The van der Waals surface area contributed by atoms with Crippen LogP contribution in [-0.4, -0.2) is 24.6 Å². The lowest BCUT2D eigenvalue weighted by molar-refractivity contribution is 0.856. The van der Waals surface area contributed by atoms with Gasteiger partial charge in [0.15, 0.2) is 0 Å². The maximum absolute atomic E-state index is 9.15. The molecule has 0 aliphatic carbocycles. The summed E-state index contributed by atoms with van der Waals surface area (Å²) >= 11 is 1.97. The predicted molar refractivity (Wildman–Crippen MR) is 68.6 cm³/mol. The van der Waals surface area contributed by atoms with Crippen molar-refractivity contribution < 1.29 is 0 Å². The summed E-state index contributed by atoms with van der Waals surface area (Å²) < 4.78 is 0. The molecule has 0 spiro atoms. The zero-order valence-electron chi connectivity index (χ0n) is 9.15. The maximum atomic E-state index is 9.15. The van der Waals surface area contributed by atoms with Crippen molar-refractivity contribution in [2.45, 2.75) is 6.54 Å². The standard InChI is InChI=1S/C12H15N3S/c13-8-10-1-2-12(11(7-10)9-14)15-3-5-16-6-4-15/h1-2,7H,3-6,8,13H2. The Labute approximate surface area is 100 Å². The van der Waals surface area contributed by atoms with E-state index in [0.717, 1.165) is 41.4 Å². The minimum absolute atomic E-state index is 0.491. The van der Waals surface area contributed by atoms with Crippen molar-refractivity contribution >= 4 is 17.4 Å². The Morgan fingerprint density at radius 1 is 1.38 bits per heavy atom. The van der Waals surface area contributed by atoms with Crippen LogP contribution in [0.5, 0.6) is 0 Å². The summed E-state index contributed by atoms with van der Waals surface area (Å²) in [6, 6.07) is 8.20. The summed E-state index contributed by atoms with van der Waals surface area (Å²) in [5, 5.41) is 9.15. The molecule has 16 heavy (non-hydrogen) atoms. The van der Waals surface area contributed by atoms with Gasteiger partial charge in [-0.15, -0.1) is 0 Å². The molecule has 2 N–H and O–H groups in total. The third-order valence-corrected chi connectivity index (χ3v) is 3.71. The van der Waals surface area contributed by atoms with Crippen LogP contribution in [0, 0.1) is 11.3 Å². The fraction of sp³-hybridized carbons (Fsp3) is 0.417. The van der Waals surface area contributed by atoms with Crippen molar-refractivity contribution in [3.8, 4) is 6.07 Å². The Hall–Kier alpha value is -1.18. The Morgan fingerprint density at radius 3 is 2.75 bits per heavy atom. The van der Waals surface area contributed by atoms with E-state index in [1.165, 1.54) is 0 Å². The van der Waals surface area contributed by atoms with E-state index < -0.39 is 0 Å². The first-order valence-electron chi connectivity index (χ1n) is 5.41. The number of benzene rings is 1. The van der Waals surface area contributed by atoms with E-state index >= 15 is 0 Å². The monoisotopic (exact) mass is 233 g/mol. The molecule has 3 nitrogen and oxygen atoms in total. The van der Waals surface area contributed by atoms with Crippen molar-refractivity contribution in [3.05, 3.63) is 29.3 Å². The number of anilines is 1. The average Bonchev–Trinajstić information content (AvgIpc) is 2.39. The second-order valence-electron chi connectivity index (χ2n) is 3.77. The molecule has 1 aliphatic rings. The van der Waals surface area contributed by atoms with Gasteiger partial charge in [0, 0.05) is 31.1 Å². The van der Waals surface area contributed by atoms with Crippen LogP contribution in [0.4, 0.5) is 5.69 Å². The third kappa shape index (κ3) is 2.31. The van der Waals surface area contributed by atoms with Crippen LogP contribution in [0.25, 0.3) is 0 Å². The molecular weight excluding hydrogens is 218 g/mol. The molecule has 1 saturated heterocycles. The molecule has 1 aromatic rings. The van der Waals surface area contributed by atoms with Crippen LogP contribution >= 0.6 is 11.8 Å². The van der Waals surface area contributed by atoms with Crippen molar-refractivity contribution in [2.75, 3.05) is 29.5 Å². The first-order chi connectivity index (χ1) is 7.85. The largest absolute Gasteiger partial charge is 0.369 e. The van der Waals surface area contributed by atoms with E-state index in [1.807, 2.05) is 30.0 Å². The van der Waals surface area contributed by atoms with E-state index in [9.17, 15) is 0 Å². The van der Waals surface area contributed by atoms with E-state index in [-0.39, 0.29) is 0 Å². The summed E-state index contributed by atoms with van der Waals surface area (Å²) in [5.41, 5.74) is 8.40. The summed E-state index contributed by atoms with van der Waals surface area (Å²) in [6.07, 6.45) is 0. The van der Waals surface area contributed by atoms with Gasteiger partial charge in [0.2, 0.25) is 0 Å². The molecule has 0 bridgehead atoms. The number of nitrogens with two attached hydrogens (primary N) is 1. The predicted octanol–water partition coefficient (Wildman–Crippen LogP) is 1.57. The van der Waals surface area contributed by atoms with Crippen LogP contribution < -0.4 is 10.6 Å². The third-order valence-electron chi connectivity index (χ3n) is 2.77. The van der Waals surface area contributed by atoms with Crippen molar-refractivity contribution in [2.24, 2.45) is 5.73 Å². The van der Waals surface area contributed by atoms with Crippen molar-refractivity contribution in [3.63, 3.8) is 0 Å². The van der Waals surface area contributed by atoms with Gasteiger partial charge in [-0.2, -0.15) is 17.0 Å². The molecule has 2 rings (SSSR count). The molecule has 1 heterocycles. The highest BCUT2D eigenvalue weighted by atomic mass is 32.2. The SMILES string of the molecule is N#Cc1cc(CN)ccc1N1CCSCC1. The molecule has 1 aliphatic heterocycles. The molecule has 4 heteroatoms. The number of thioether (sulfide) groups is 1. The van der Waals surface area contributed by atoms with Gasteiger partial charge in [0.1, 0.15) is 6.07 Å². The second-order valence-corrected chi connectivity index (χ2v) is 4.99. The zero-order chi connectivity index (χ0) is 11.4. The molecule has 0 unspecified atom stereocenters. The smallest absolute Gasteiger partial charge is 0.101 e. The number of hydrogen-bond donors (Lipinski definition) is 1. The van der Waals surface area contributed by atoms with Crippen LogP contribution in [-0.2, 0) is 6.54 Å². The summed E-state index contributed by atoms with van der Waals surface area (Å²) in [6.45, 7) is 2.55. The lowest BCUT2D eigenvalue weighted by atomic mass is 10.1. The molecule has 84 valence electrons. The summed E-state index contributed by atoms with van der Waals surface area (Å²) in [7, 11) is 0.